The van der Waals surface area contributed by atoms with Gasteiger partial charge in [-0.1, -0.05) is 48.7 Å². The first-order valence-corrected chi connectivity index (χ1v) is 6.21. The van der Waals surface area contributed by atoms with E-state index in [-0.39, 0.29) is 0 Å². The highest BCUT2D eigenvalue weighted by atomic mass is 35.5. The van der Waals surface area contributed by atoms with Crippen molar-refractivity contribution in [2.75, 3.05) is 0 Å². The Balaban J connectivity index is 2.65. The van der Waals surface area contributed by atoms with Gasteiger partial charge < -0.3 is 10.4 Å². The quantitative estimate of drug-likeness (QED) is 0.837. The molecule has 3 nitrogen and oxygen atoms in total. The SMILES string of the molecule is CCCC(NCc1cccc(Cl)c1Cl)C(=O)O. The number of benzene rings is 1. The molecule has 1 aromatic rings. The van der Waals surface area contributed by atoms with Crippen LogP contribution >= 0.6 is 23.2 Å². The average molecular weight is 276 g/mol. The number of aliphatic carboxylic acids is 1. The lowest BCUT2D eigenvalue weighted by molar-refractivity contribution is -0.139. The molecule has 2 N–H and O–H groups in total. The Morgan fingerprint density at radius 2 is 2.18 bits per heavy atom. The summed E-state index contributed by atoms with van der Waals surface area (Å²) in [5.41, 5.74) is 0.807. The molecule has 0 bridgehead atoms. The van der Waals surface area contributed by atoms with Crippen molar-refractivity contribution >= 4 is 29.2 Å². The molecular weight excluding hydrogens is 261 g/mol. The Kier molecular flexibility index (Phi) is 5.75. The van der Waals surface area contributed by atoms with Gasteiger partial charge in [-0.25, -0.2) is 0 Å². The molecule has 5 heteroatoms. The number of rotatable bonds is 6. The standard InChI is InChI=1S/C12H15Cl2NO2/c1-2-4-10(12(16)17)15-7-8-5-3-6-9(13)11(8)14/h3,5-6,10,15H,2,4,7H2,1H3,(H,16,17). The second kappa shape index (κ2) is 6.84. The van der Waals surface area contributed by atoms with E-state index >= 15 is 0 Å². The molecular formula is C12H15Cl2NO2. The summed E-state index contributed by atoms with van der Waals surface area (Å²) in [5.74, 6) is -0.843. The number of hydrogen-bond donors (Lipinski definition) is 2. The molecule has 0 aliphatic carbocycles. The van der Waals surface area contributed by atoms with Crippen molar-refractivity contribution < 1.29 is 9.90 Å². The van der Waals surface area contributed by atoms with E-state index in [1.54, 1.807) is 12.1 Å². The Labute approximate surface area is 111 Å². The fraction of sp³-hybridized carbons (Fsp3) is 0.417. The number of carboxylic acid groups (broad SMARTS) is 1. The lowest BCUT2D eigenvalue weighted by Gasteiger charge is -2.14. The van der Waals surface area contributed by atoms with Gasteiger partial charge in [-0.15, -0.1) is 0 Å². The lowest BCUT2D eigenvalue weighted by Crippen LogP contribution is -2.36. The van der Waals surface area contributed by atoms with Gasteiger partial charge in [-0.05, 0) is 18.1 Å². The van der Waals surface area contributed by atoms with Gasteiger partial charge in [0.2, 0.25) is 0 Å². The average Bonchev–Trinajstić information content (AvgIpc) is 2.29. The number of hydrogen-bond acceptors (Lipinski definition) is 2. The van der Waals surface area contributed by atoms with Crippen molar-refractivity contribution in [3.63, 3.8) is 0 Å². The Bertz CT molecular complexity index is 396. The largest absolute Gasteiger partial charge is 0.480 e. The number of carbonyl (C=O) groups is 1. The summed E-state index contributed by atoms with van der Waals surface area (Å²) in [4.78, 5) is 10.9. The van der Waals surface area contributed by atoms with Crippen LogP contribution in [0.5, 0.6) is 0 Å². The fourth-order valence-corrected chi connectivity index (χ4v) is 1.91. The highest BCUT2D eigenvalue weighted by molar-refractivity contribution is 6.42. The molecule has 1 rings (SSSR count). The van der Waals surface area contributed by atoms with Gasteiger partial charge in [0.25, 0.3) is 0 Å². The molecule has 0 spiro atoms. The summed E-state index contributed by atoms with van der Waals surface area (Å²) in [6, 6.07) is 4.77. The smallest absolute Gasteiger partial charge is 0.320 e. The van der Waals surface area contributed by atoms with E-state index in [0.717, 1.165) is 12.0 Å². The van der Waals surface area contributed by atoms with Crippen LogP contribution in [0.2, 0.25) is 10.0 Å². The molecule has 0 aliphatic heterocycles. The van der Waals surface area contributed by atoms with Crippen LogP contribution in [0.25, 0.3) is 0 Å². The molecule has 0 aliphatic rings. The van der Waals surface area contributed by atoms with Crippen LogP contribution in [0.1, 0.15) is 25.3 Å². The summed E-state index contributed by atoms with van der Waals surface area (Å²) >= 11 is 11.9. The lowest BCUT2D eigenvalue weighted by atomic mass is 10.1. The summed E-state index contributed by atoms with van der Waals surface area (Å²) in [7, 11) is 0. The number of halogens is 2. The zero-order valence-electron chi connectivity index (χ0n) is 9.54. The van der Waals surface area contributed by atoms with E-state index in [0.29, 0.717) is 23.0 Å². The third-order valence-electron chi connectivity index (χ3n) is 2.45. The maximum atomic E-state index is 10.9. The van der Waals surface area contributed by atoms with E-state index in [9.17, 15) is 4.79 Å². The first-order valence-electron chi connectivity index (χ1n) is 5.45. The van der Waals surface area contributed by atoms with Gasteiger partial charge >= 0.3 is 5.97 Å². The minimum atomic E-state index is -0.843. The molecule has 0 aromatic heterocycles. The van der Waals surface area contributed by atoms with Crippen molar-refractivity contribution in [3.05, 3.63) is 33.8 Å². The normalized spacial score (nSPS) is 12.4. The minimum absolute atomic E-state index is 0.399. The zero-order chi connectivity index (χ0) is 12.8. The maximum absolute atomic E-state index is 10.9. The highest BCUT2D eigenvalue weighted by Gasteiger charge is 2.15. The van der Waals surface area contributed by atoms with E-state index < -0.39 is 12.0 Å². The van der Waals surface area contributed by atoms with E-state index in [1.165, 1.54) is 0 Å². The van der Waals surface area contributed by atoms with Crippen LogP contribution in [0.15, 0.2) is 18.2 Å². The van der Waals surface area contributed by atoms with Gasteiger partial charge in [0.05, 0.1) is 10.0 Å². The fourth-order valence-electron chi connectivity index (χ4n) is 1.52. The third kappa shape index (κ3) is 4.19. The third-order valence-corrected chi connectivity index (χ3v) is 3.30. The van der Waals surface area contributed by atoms with Crippen LogP contribution < -0.4 is 5.32 Å². The van der Waals surface area contributed by atoms with Crippen molar-refractivity contribution in [2.45, 2.75) is 32.4 Å². The molecule has 1 atom stereocenters. The van der Waals surface area contributed by atoms with Crippen LogP contribution in [-0.4, -0.2) is 17.1 Å². The molecule has 0 amide bonds. The van der Waals surface area contributed by atoms with Crippen molar-refractivity contribution in [1.82, 2.24) is 5.32 Å². The van der Waals surface area contributed by atoms with Gasteiger partial charge in [0.15, 0.2) is 0 Å². The molecule has 0 radical (unpaired) electrons. The molecule has 17 heavy (non-hydrogen) atoms. The van der Waals surface area contributed by atoms with E-state index in [1.807, 2.05) is 13.0 Å². The van der Waals surface area contributed by atoms with Crippen LogP contribution in [0, 0.1) is 0 Å². The summed E-state index contributed by atoms with van der Waals surface area (Å²) in [6.07, 6.45) is 1.40. The molecule has 94 valence electrons. The van der Waals surface area contributed by atoms with Gasteiger partial charge in [0.1, 0.15) is 6.04 Å². The molecule has 0 saturated carbocycles. The minimum Gasteiger partial charge on any atom is -0.480 e. The second-order valence-corrected chi connectivity index (χ2v) is 4.56. The topological polar surface area (TPSA) is 49.3 Å². The summed E-state index contributed by atoms with van der Waals surface area (Å²) in [5, 5.41) is 12.9. The number of carboxylic acids is 1. The number of nitrogens with one attached hydrogen (secondary N) is 1. The molecule has 0 fully saturated rings. The summed E-state index contributed by atoms with van der Waals surface area (Å²) in [6.45, 7) is 2.35. The molecule has 1 aromatic carbocycles. The van der Waals surface area contributed by atoms with Gasteiger partial charge in [-0.2, -0.15) is 0 Å². The monoisotopic (exact) mass is 275 g/mol. The van der Waals surface area contributed by atoms with Crippen molar-refractivity contribution in [3.8, 4) is 0 Å². The first-order chi connectivity index (χ1) is 8.06. The Morgan fingerprint density at radius 1 is 1.47 bits per heavy atom. The molecule has 1 unspecified atom stereocenters. The van der Waals surface area contributed by atoms with Crippen molar-refractivity contribution in [2.24, 2.45) is 0 Å². The van der Waals surface area contributed by atoms with Crippen LogP contribution in [-0.2, 0) is 11.3 Å². The van der Waals surface area contributed by atoms with E-state index in [4.69, 9.17) is 28.3 Å². The second-order valence-electron chi connectivity index (χ2n) is 3.77. The van der Waals surface area contributed by atoms with E-state index in [2.05, 4.69) is 5.32 Å². The predicted octanol–water partition coefficient (Wildman–Crippen LogP) is 3.34. The first kappa shape index (κ1) is 14.3. The zero-order valence-corrected chi connectivity index (χ0v) is 11.1. The van der Waals surface area contributed by atoms with Crippen LogP contribution in [0.3, 0.4) is 0 Å². The Morgan fingerprint density at radius 3 is 2.76 bits per heavy atom. The van der Waals surface area contributed by atoms with Gasteiger partial charge in [0, 0.05) is 6.54 Å². The summed E-state index contributed by atoms with van der Waals surface area (Å²) < 4.78 is 0. The molecule has 0 heterocycles. The molecule has 0 saturated heterocycles. The Hall–Kier alpha value is -0.770. The highest BCUT2D eigenvalue weighted by Crippen LogP contribution is 2.25. The predicted molar refractivity (Wildman–Crippen MR) is 69.6 cm³/mol. The van der Waals surface area contributed by atoms with Crippen molar-refractivity contribution in [1.29, 1.82) is 0 Å². The maximum Gasteiger partial charge on any atom is 0.320 e. The van der Waals surface area contributed by atoms with Gasteiger partial charge in [-0.3, -0.25) is 4.79 Å². The van der Waals surface area contributed by atoms with Crippen LogP contribution in [0.4, 0.5) is 0 Å².